The molecule has 0 rings (SSSR count). The zero-order valence-electron chi connectivity index (χ0n) is 37.8. The highest BCUT2D eigenvalue weighted by molar-refractivity contribution is 7.47. The van der Waals surface area contributed by atoms with Gasteiger partial charge in [0.2, 0.25) is 0 Å². The van der Waals surface area contributed by atoms with Gasteiger partial charge >= 0.3 is 19.8 Å². The summed E-state index contributed by atoms with van der Waals surface area (Å²) in [5, 5.41) is 18.4. The lowest BCUT2D eigenvalue weighted by Crippen LogP contribution is -2.29. The van der Waals surface area contributed by atoms with Gasteiger partial charge in [-0.2, -0.15) is 0 Å². The maximum Gasteiger partial charge on any atom is 0.472 e. The molecular weight excluding hydrogens is 792 g/mol. The Hall–Kier alpha value is -3.11. The molecular formula is C50H83O10P. The van der Waals surface area contributed by atoms with Gasteiger partial charge in [-0.25, -0.2) is 4.57 Å². The van der Waals surface area contributed by atoms with Crippen LogP contribution in [0.4, 0.5) is 0 Å². The van der Waals surface area contributed by atoms with Gasteiger partial charge < -0.3 is 24.6 Å². The number of hydrogen-bond acceptors (Lipinski definition) is 9. The van der Waals surface area contributed by atoms with Crippen LogP contribution in [0.3, 0.4) is 0 Å². The first-order chi connectivity index (χ1) is 29.7. The fourth-order valence-corrected chi connectivity index (χ4v) is 6.48. The second-order valence-electron chi connectivity index (χ2n) is 15.0. The number of allylic oxidation sites excluding steroid dienone is 16. The van der Waals surface area contributed by atoms with Gasteiger partial charge in [-0.1, -0.05) is 169 Å². The van der Waals surface area contributed by atoms with Crippen molar-refractivity contribution in [1.82, 2.24) is 0 Å². The van der Waals surface area contributed by atoms with Gasteiger partial charge in [-0.05, 0) is 83.5 Å². The van der Waals surface area contributed by atoms with Crippen LogP contribution in [0.1, 0.15) is 168 Å². The van der Waals surface area contributed by atoms with E-state index in [0.29, 0.717) is 12.8 Å². The normalized spacial score (nSPS) is 14.6. The first-order valence-corrected chi connectivity index (χ1v) is 24.7. The molecule has 3 N–H and O–H groups in total. The number of phosphoric ester groups is 1. The fourth-order valence-electron chi connectivity index (χ4n) is 5.70. The first-order valence-electron chi connectivity index (χ1n) is 23.2. The summed E-state index contributed by atoms with van der Waals surface area (Å²) in [5.74, 6) is -1.03. The van der Waals surface area contributed by atoms with Crippen LogP contribution < -0.4 is 0 Å². The van der Waals surface area contributed by atoms with E-state index < -0.39 is 51.8 Å². The van der Waals surface area contributed by atoms with Gasteiger partial charge in [0.1, 0.15) is 12.7 Å². The number of carbonyl (C=O) groups excluding carboxylic acids is 2. The molecule has 11 heteroatoms. The van der Waals surface area contributed by atoms with E-state index in [1.165, 1.54) is 57.8 Å². The molecule has 0 saturated heterocycles. The SMILES string of the molecule is CC/C=C\C/C=C\C/C=C\C/C=C\C/C=C\C/C=C\CCC(=O)O[C@H](COC(=O)CCCCCCCCCCC/C=C\C/C=C\CCCCC)COP(=O)(O)OC[C@@H](O)CO. The van der Waals surface area contributed by atoms with Crippen LogP contribution in [0.5, 0.6) is 0 Å². The Balaban J connectivity index is 4.39. The predicted octanol–water partition coefficient (Wildman–Crippen LogP) is 12.8. The number of rotatable bonds is 42. The van der Waals surface area contributed by atoms with Crippen molar-refractivity contribution in [2.24, 2.45) is 0 Å². The monoisotopic (exact) mass is 875 g/mol. The minimum absolute atomic E-state index is 0.0529. The maximum atomic E-state index is 12.6. The molecule has 0 aliphatic heterocycles. The Bertz CT molecular complexity index is 1330. The number of hydrogen-bond donors (Lipinski definition) is 3. The van der Waals surface area contributed by atoms with E-state index in [2.05, 4.69) is 103 Å². The lowest BCUT2D eigenvalue weighted by molar-refractivity contribution is -0.161. The molecule has 0 spiro atoms. The molecule has 0 radical (unpaired) electrons. The summed E-state index contributed by atoms with van der Waals surface area (Å²) >= 11 is 0. The van der Waals surface area contributed by atoms with E-state index >= 15 is 0 Å². The molecule has 0 fully saturated rings. The Kier molecular flexibility index (Phi) is 42.6. The first kappa shape index (κ1) is 57.9. The number of carbonyl (C=O) groups is 2. The lowest BCUT2D eigenvalue weighted by Gasteiger charge is -2.20. The molecule has 0 aromatic rings. The predicted molar refractivity (Wildman–Crippen MR) is 251 cm³/mol. The van der Waals surface area contributed by atoms with Gasteiger partial charge in [0.05, 0.1) is 19.8 Å². The van der Waals surface area contributed by atoms with Crippen molar-refractivity contribution < 1.29 is 47.8 Å². The molecule has 0 aliphatic carbocycles. The molecule has 0 bridgehead atoms. The zero-order chi connectivity index (χ0) is 44.8. The van der Waals surface area contributed by atoms with Crippen molar-refractivity contribution >= 4 is 19.8 Å². The molecule has 0 amide bonds. The Morgan fingerprint density at radius 2 is 0.934 bits per heavy atom. The molecule has 0 aromatic carbocycles. The molecule has 0 saturated carbocycles. The second kappa shape index (κ2) is 44.9. The largest absolute Gasteiger partial charge is 0.472 e. The average molecular weight is 875 g/mol. The highest BCUT2D eigenvalue weighted by Gasteiger charge is 2.27. The third-order valence-electron chi connectivity index (χ3n) is 9.24. The number of aliphatic hydroxyl groups is 2. The van der Waals surface area contributed by atoms with Crippen LogP contribution in [0, 0.1) is 0 Å². The standard InChI is InChI=1S/C50H83O10P/c1-3-5-7-9-11-13-15-17-19-21-23-25-27-29-31-33-35-37-39-41-49(53)57-45-48(46-59-61(55,56)58-44-47(52)43-51)60-50(54)42-40-38-36-34-32-30-28-26-24-22-20-18-16-14-12-10-8-6-4-2/h6,8,11-14,17-20,24,26,30,32,36,38,47-48,51-52H,3-5,7,9-10,15-16,21-23,25,27-29,31,33-35,37,39-46H2,1-2H3,(H,55,56)/b8-6-,13-11-,14-12-,19-17-,20-18-,26-24-,32-30-,38-36-/t47-,48+/m0/s1. The number of esters is 2. The van der Waals surface area contributed by atoms with Crippen LogP contribution in [0.2, 0.25) is 0 Å². The summed E-state index contributed by atoms with van der Waals surface area (Å²) in [7, 11) is -4.65. The van der Waals surface area contributed by atoms with Crippen molar-refractivity contribution in [2.75, 3.05) is 26.4 Å². The quantitative estimate of drug-likeness (QED) is 0.0234. The summed E-state index contributed by atoms with van der Waals surface area (Å²) in [6.45, 7) is 2.14. The van der Waals surface area contributed by atoms with Gasteiger partial charge in [0, 0.05) is 12.8 Å². The van der Waals surface area contributed by atoms with Crippen LogP contribution in [-0.4, -0.2) is 65.7 Å². The summed E-state index contributed by atoms with van der Waals surface area (Å²) in [5.41, 5.74) is 0. The molecule has 3 atom stereocenters. The van der Waals surface area contributed by atoms with Gasteiger partial charge in [-0.15, -0.1) is 0 Å². The number of ether oxygens (including phenoxy) is 2. The van der Waals surface area contributed by atoms with Crippen molar-refractivity contribution in [2.45, 2.75) is 180 Å². The van der Waals surface area contributed by atoms with Crippen molar-refractivity contribution in [3.63, 3.8) is 0 Å². The van der Waals surface area contributed by atoms with Crippen molar-refractivity contribution in [3.8, 4) is 0 Å². The third-order valence-corrected chi connectivity index (χ3v) is 10.2. The Morgan fingerprint density at radius 3 is 1.43 bits per heavy atom. The van der Waals surface area contributed by atoms with Crippen molar-refractivity contribution in [3.05, 3.63) is 97.2 Å². The molecule has 0 aromatic heterocycles. The minimum atomic E-state index is -4.65. The minimum Gasteiger partial charge on any atom is -0.462 e. The summed E-state index contributed by atoms with van der Waals surface area (Å²) in [4.78, 5) is 35.0. The van der Waals surface area contributed by atoms with E-state index in [0.717, 1.165) is 70.6 Å². The summed E-state index contributed by atoms with van der Waals surface area (Å²) in [6, 6.07) is 0. The Labute approximate surface area is 370 Å². The van der Waals surface area contributed by atoms with Crippen LogP contribution in [-0.2, 0) is 32.7 Å². The van der Waals surface area contributed by atoms with E-state index in [4.69, 9.17) is 19.1 Å². The summed E-state index contributed by atoms with van der Waals surface area (Å²) in [6.07, 6.45) is 55.3. The van der Waals surface area contributed by atoms with Crippen LogP contribution in [0.25, 0.3) is 0 Å². The number of unbranched alkanes of at least 4 members (excludes halogenated alkanes) is 12. The molecule has 10 nitrogen and oxygen atoms in total. The van der Waals surface area contributed by atoms with Crippen LogP contribution in [0.15, 0.2) is 97.2 Å². The van der Waals surface area contributed by atoms with E-state index in [1.54, 1.807) is 0 Å². The molecule has 348 valence electrons. The van der Waals surface area contributed by atoms with E-state index in [-0.39, 0.29) is 19.4 Å². The highest BCUT2D eigenvalue weighted by atomic mass is 31.2. The summed E-state index contributed by atoms with van der Waals surface area (Å²) < 4.78 is 32.7. The van der Waals surface area contributed by atoms with Gasteiger partial charge in [0.25, 0.3) is 0 Å². The van der Waals surface area contributed by atoms with E-state index in [1.807, 2.05) is 12.2 Å². The van der Waals surface area contributed by atoms with Crippen molar-refractivity contribution in [1.29, 1.82) is 0 Å². The molecule has 61 heavy (non-hydrogen) atoms. The van der Waals surface area contributed by atoms with Gasteiger partial charge in [0.15, 0.2) is 6.10 Å². The third kappa shape index (κ3) is 44.7. The van der Waals surface area contributed by atoms with Crippen LogP contribution >= 0.6 is 7.82 Å². The lowest BCUT2D eigenvalue weighted by atomic mass is 10.1. The molecule has 0 aliphatic rings. The number of aliphatic hydroxyl groups excluding tert-OH is 2. The second-order valence-corrected chi connectivity index (χ2v) is 16.5. The topological polar surface area (TPSA) is 149 Å². The fraction of sp³-hybridized carbons (Fsp3) is 0.640. The molecule has 0 heterocycles. The smallest absolute Gasteiger partial charge is 0.462 e. The molecule has 1 unspecified atom stereocenters. The maximum absolute atomic E-state index is 12.6. The average Bonchev–Trinajstić information content (AvgIpc) is 3.25. The zero-order valence-corrected chi connectivity index (χ0v) is 38.7. The highest BCUT2D eigenvalue weighted by Crippen LogP contribution is 2.43. The van der Waals surface area contributed by atoms with Gasteiger partial charge in [-0.3, -0.25) is 18.6 Å². The number of phosphoric acid groups is 1. The Morgan fingerprint density at radius 1 is 0.508 bits per heavy atom. The van der Waals surface area contributed by atoms with E-state index in [9.17, 15) is 24.2 Å².